The maximum absolute atomic E-state index is 14.0. The SMILES string of the molecule is Cc1ccc(C(=O)NCc2ccccc2C)c(C2CCN(C(=O)c3ccccc3F)CC2)n1. The fourth-order valence-corrected chi connectivity index (χ4v) is 4.32. The molecule has 3 aromatic rings. The predicted octanol–water partition coefficient (Wildman–Crippen LogP) is 4.79. The highest BCUT2D eigenvalue weighted by Gasteiger charge is 2.29. The number of benzene rings is 2. The molecule has 1 aliphatic heterocycles. The zero-order valence-electron chi connectivity index (χ0n) is 19.0. The van der Waals surface area contributed by atoms with E-state index in [1.165, 1.54) is 12.1 Å². The monoisotopic (exact) mass is 445 g/mol. The van der Waals surface area contributed by atoms with E-state index in [9.17, 15) is 14.0 Å². The van der Waals surface area contributed by atoms with Gasteiger partial charge >= 0.3 is 0 Å². The average Bonchev–Trinajstić information content (AvgIpc) is 2.83. The van der Waals surface area contributed by atoms with Gasteiger partial charge in [0, 0.05) is 31.2 Å². The lowest BCUT2D eigenvalue weighted by molar-refractivity contribution is 0.0705. The summed E-state index contributed by atoms with van der Waals surface area (Å²) in [7, 11) is 0. The molecule has 0 atom stereocenters. The molecule has 0 spiro atoms. The van der Waals surface area contributed by atoms with E-state index in [-0.39, 0.29) is 23.3 Å². The van der Waals surface area contributed by atoms with Crippen molar-refractivity contribution in [2.24, 2.45) is 0 Å². The second-order valence-electron chi connectivity index (χ2n) is 8.54. The van der Waals surface area contributed by atoms with Gasteiger partial charge in [-0.25, -0.2) is 4.39 Å². The van der Waals surface area contributed by atoms with E-state index in [4.69, 9.17) is 4.98 Å². The van der Waals surface area contributed by atoms with Crippen LogP contribution in [0.5, 0.6) is 0 Å². The first-order chi connectivity index (χ1) is 15.9. The van der Waals surface area contributed by atoms with Gasteiger partial charge in [0.25, 0.3) is 11.8 Å². The van der Waals surface area contributed by atoms with Crippen molar-refractivity contribution in [1.82, 2.24) is 15.2 Å². The van der Waals surface area contributed by atoms with Crippen LogP contribution < -0.4 is 5.32 Å². The van der Waals surface area contributed by atoms with Crippen LogP contribution in [-0.4, -0.2) is 34.8 Å². The summed E-state index contributed by atoms with van der Waals surface area (Å²) in [6, 6.07) is 17.7. The van der Waals surface area contributed by atoms with Crippen molar-refractivity contribution < 1.29 is 14.0 Å². The third-order valence-electron chi connectivity index (χ3n) is 6.28. The maximum Gasteiger partial charge on any atom is 0.256 e. The van der Waals surface area contributed by atoms with Crippen molar-refractivity contribution in [3.05, 3.63) is 100 Å². The molecule has 1 fully saturated rings. The van der Waals surface area contributed by atoms with Crippen molar-refractivity contribution in [3.8, 4) is 0 Å². The molecule has 170 valence electrons. The fourth-order valence-electron chi connectivity index (χ4n) is 4.32. The molecule has 4 rings (SSSR count). The van der Waals surface area contributed by atoms with Crippen molar-refractivity contribution in [2.75, 3.05) is 13.1 Å². The number of halogens is 1. The molecule has 1 aromatic heterocycles. The van der Waals surface area contributed by atoms with Crippen molar-refractivity contribution >= 4 is 11.8 Å². The molecule has 0 bridgehead atoms. The number of amides is 2. The quantitative estimate of drug-likeness (QED) is 0.614. The molecular weight excluding hydrogens is 417 g/mol. The van der Waals surface area contributed by atoms with Gasteiger partial charge in [0.1, 0.15) is 5.82 Å². The highest BCUT2D eigenvalue weighted by Crippen LogP contribution is 2.30. The number of hydrogen-bond donors (Lipinski definition) is 1. The Kier molecular flexibility index (Phi) is 6.82. The van der Waals surface area contributed by atoms with Gasteiger partial charge in [0.2, 0.25) is 0 Å². The van der Waals surface area contributed by atoms with Gasteiger partial charge in [-0.15, -0.1) is 0 Å². The number of nitrogens with zero attached hydrogens (tertiary/aromatic N) is 2. The Bertz CT molecular complexity index is 1170. The first kappa shape index (κ1) is 22.6. The topological polar surface area (TPSA) is 62.3 Å². The van der Waals surface area contributed by atoms with Crippen molar-refractivity contribution in [2.45, 2.75) is 39.2 Å². The first-order valence-corrected chi connectivity index (χ1v) is 11.3. The summed E-state index contributed by atoms with van der Waals surface area (Å²) >= 11 is 0. The van der Waals surface area contributed by atoms with Crippen LogP contribution in [0.15, 0.2) is 60.7 Å². The molecule has 1 N–H and O–H groups in total. The number of likely N-dealkylation sites (tertiary alicyclic amines) is 1. The number of hydrogen-bond acceptors (Lipinski definition) is 3. The number of rotatable bonds is 5. The summed E-state index contributed by atoms with van der Waals surface area (Å²) in [5.41, 5.74) is 4.51. The second-order valence-corrected chi connectivity index (χ2v) is 8.54. The lowest BCUT2D eigenvalue weighted by Gasteiger charge is -2.32. The first-order valence-electron chi connectivity index (χ1n) is 11.3. The number of piperidine rings is 1. The summed E-state index contributed by atoms with van der Waals surface area (Å²) in [4.78, 5) is 32.2. The molecule has 2 aromatic carbocycles. The van der Waals surface area contributed by atoms with Gasteiger partial charge in [0.15, 0.2) is 0 Å². The highest BCUT2D eigenvalue weighted by molar-refractivity contribution is 5.96. The second kappa shape index (κ2) is 9.94. The molecule has 5 nitrogen and oxygen atoms in total. The Balaban J connectivity index is 1.46. The van der Waals surface area contributed by atoms with E-state index >= 15 is 0 Å². The number of carbonyl (C=O) groups excluding carboxylic acids is 2. The van der Waals surface area contributed by atoms with E-state index < -0.39 is 5.82 Å². The number of aromatic nitrogens is 1. The van der Waals surface area contributed by atoms with E-state index in [1.807, 2.05) is 50.2 Å². The molecule has 0 radical (unpaired) electrons. The number of aryl methyl sites for hydroxylation is 2. The molecule has 6 heteroatoms. The Morgan fingerprint density at radius 3 is 2.39 bits per heavy atom. The summed E-state index contributed by atoms with van der Waals surface area (Å²) in [6.45, 7) is 5.38. The molecule has 1 saturated heterocycles. The lowest BCUT2D eigenvalue weighted by Crippen LogP contribution is -2.39. The zero-order valence-corrected chi connectivity index (χ0v) is 19.0. The van der Waals surface area contributed by atoms with E-state index in [2.05, 4.69) is 5.32 Å². The number of carbonyl (C=O) groups is 2. The molecule has 33 heavy (non-hydrogen) atoms. The standard InChI is InChI=1S/C27H28FN3O2/c1-18-7-3-4-8-21(18)17-29-26(32)23-12-11-19(2)30-25(23)20-13-15-31(16-14-20)27(33)22-9-5-6-10-24(22)28/h3-12,20H,13-17H2,1-2H3,(H,29,32). The Morgan fingerprint density at radius 2 is 1.67 bits per heavy atom. The van der Waals surface area contributed by atoms with Crippen LogP contribution in [0.1, 0.15) is 62.0 Å². The van der Waals surface area contributed by atoms with Gasteiger partial charge < -0.3 is 10.2 Å². The van der Waals surface area contributed by atoms with Crippen LogP contribution >= 0.6 is 0 Å². The zero-order chi connectivity index (χ0) is 23.4. The highest BCUT2D eigenvalue weighted by atomic mass is 19.1. The van der Waals surface area contributed by atoms with Crippen LogP contribution in [0.4, 0.5) is 4.39 Å². The van der Waals surface area contributed by atoms with E-state index in [1.54, 1.807) is 17.0 Å². The molecule has 1 aliphatic rings. The van der Waals surface area contributed by atoms with Gasteiger partial charge in [-0.2, -0.15) is 0 Å². The molecule has 2 heterocycles. The summed E-state index contributed by atoms with van der Waals surface area (Å²) in [6.07, 6.45) is 1.35. The number of nitrogens with one attached hydrogen (secondary N) is 1. The Morgan fingerprint density at radius 1 is 0.970 bits per heavy atom. The van der Waals surface area contributed by atoms with Crippen LogP contribution in [0.2, 0.25) is 0 Å². The molecule has 0 aliphatic carbocycles. The van der Waals surface area contributed by atoms with Crippen molar-refractivity contribution in [3.63, 3.8) is 0 Å². The number of pyridine rings is 1. The largest absolute Gasteiger partial charge is 0.348 e. The maximum atomic E-state index is 14.0. The normalized spacial score (nSPS) is 14.2. The van der Waals surface area contributed by atoms with Gasteiger partial charge in [-0.3, -0.25) is 14.6 Å². The molecule has 2 amide bonds. The van der Waals surface area contributed by atoms with Crippen molar-refractivity contribution in [1.29, 1.82) is 0 Å². The summed E-state index contributed by atoms with van der Waals surface area (Å²) in [5.74, 6) is -0.878. The van der Waals surface area contributed by atoms with Crippen LogP contribution in [0, 0.1) is 19.7 Å². The third kappa shape index (κ3) is 5.11. The molecule has 0 saturated carbocycles. The van der Waals surface area contributed by atoms with Gasteiger partial charge in [-0.1, -0.05) is 36.4 Å². The molecule has 0 unspecified atom stereocenters. The minimum atomic E-state index is -0.502. The van der Waals surface area contributed by atoms with E-state index in [0.717, 1.165) is 22.5 Å². The Hall–Kier alpha value is -3.54. The summed E-state index contributed by atoms with van der Waals surface area (Å²) in [5, 5.41) is 3.02. The van der Waals surface area contributed by atoms with Crippen LogP contribution in [-0.2, 0) is 6.54 Å². The summed E-state index contributed by atoms with van der Waals surface area (Å²) < 4.78 is 14.0. The fraction of sp³-hybridized carbons (Fsp3) is 0.296. The Labute approximate surface area is 193 Å². The van der Waals surface area contributed by atoms with Gasteiger partial charge in [-0.05, 0) is 62.1 Å². The molecular formula is C27H28FN3O2. The third-order valence-corrected chi connectivity index (χ3v) is 6.28. The minimum Gasteiger partial charge on any atom is -0.348 e. The van der Waals surface area contributed by atoms with Crippen LogP contribution in [0.25, 0.3) is 0 Å². The minimum absolute atomic E-state index is 0.0637. The van der Waals surface area contributed by atoms with Crippen LogP contribution in [0.3, 0.4) is 0 Å². The smallest absolute Gasteiger partial charge is 0.256 e. The predicted molar refractivity (Wildman–Crippen MR) is 126 cm³/mol. The van der Waals surface area contributed by atoms with E-state index in [0.29, 0.717) is 38.0 Å². The van der Waals surface area contributed by atoms with Gasteiger partial charge in [0.05, 0.1) is 16.8 Å². The average molecular weight is 446 g/mol. The lowest BCUT2D eigenvalue weighted by atomic mass is 9.89.